The molecule has 84 valence electrons. The van der Waals surface area contributed by atoms with Crippen LogP contribution in [0.3, 0.4) is 0 Å². The number of pyridine rings is 1. The Labute approximate surface area is 97.3 Å². The number of allylic oxidation sites excluding steroid dienone is 2. The molecule has 0 saturated carbocycles. The Hall–Kier alpha value is -2.48. The first kappa shape index (κ1) is 11.0. The van der Waals surface area contributed by atoms with Crippen LogP contribution in [-0.4, -0.2) is 23.7 Å². The zero-order chi connectivity index (χ0) is 12.6. The van der Waals surface area contributed by atoms with Crippen LogP contribution in [0.2, 0.25) is 0 Å². The Bertz CT molecular complexity index is 609. The number of carbonyl (C=O) groups excluding carboxylic acids is 2. The highest BCUT2D eigenvalue weighted by atomic mass is 16.5. The number of Topliss-reactive ketones (excluding diaryl/α,β-unsaturated/α-hetero) is 2. The molecule has 0 spiro atoms. The molecule has 1 aromatic heterocycles. The van der Waals surface area contributed by atoms with Gasteiger partial charge in [0.15, 0.2) is 17.2 Å². The number of ketones is 2. The quantitative estimate of drug-likeness (QED) is 0.722. The van der Waals surface area contributed by atoms with Gasteiger partial charge in [-0.2, -0.15) is 5.26 Å². The lowest BCUT2D eigenvalue weighted by Crippen LogP contribution is -2.23. The van der Waals surface area contributed by atoms with E-state index in [4.69, 9.17) is 10.00 Å². The molecule has 0 amide bonds. The average molecular weight is 228 g/mol. The van der Waals surface area contributed by atoms with Crippen LogP contribution >= 0.6 is 0 Å². The van der Waals surface area contributed by atoms with Crippen molar-refractivity contribution < 1.29 is 14.3 Å². The Balaban J connectivity index is 2.79. The SMILES string of the molecule is COC1=C(C)C(=O)c2ccnc(C#N)c2C1=O. The van der Waals surface area contributed by atoms with Crippen LogP contribution in [0.25, 0.3) is 0 Å². The predicted octanol–water partition coefficient (Wildman–Crippen LogP) is 1.25. The first-order valence-electron chi connectivity index (χ1n) is 4.85. The lowest BCUT2D eigenvalue weighted by molar-refractivity contribution is 0.0905. The largest absolute Gasteiger partial charge is 0.492 e. The lowest BCUT2D eigenvalue weighted by Gasteiger charge is -2.17. The van der Waals surface area contributed by atoms with Gasteiger partial charge in [0, 0.05) is 17.3 Å². The highest BCUT2D eigenvalue weighted by molar-refractivity contribution is 6.26. The molecule has 0 unspecified atom stereocenters. The normalized spacial score (nSPS) is 14.4. The molecule has 1 aliphatic carbocycles. The number of ether oxygens (including phenoxy) is 1. The number of hydrogen-bond acceptors (Lipinski definition) is 5. The van der Waals surface area contributed by atoms with Gasteiger partial charge >= 0.3 is 0 Å². The number of rotatable bonds is 1. The molecular weight excluding hydrogens is 220 g/mol. The molecular formula is C12H8N2O3. The second-order valence-electron chi connectivity index (χ2n) is 3.51. The van der Waals surface area contributed by atoms with Gasteiger partial charge in [-0.1, -0.05) is 0 Å². The third kappa shape index (κ3) is 1.42. The van der Waals surface area contributed by atoms with Gasteiger partial charge in [0.25, 0.3) is 0 Å². The van der Waals surface area contributed by atoms with E-state index < -0.39 is 5.78 Å². The fraction of sp³-hybridized carbons (Fsp3) is 0.167. The summed E-state index contributed by atoms with van der Waals surface area (Å²) in [7, 11) is 1.32. The van der Waals surface area contributed by atoms with E-state index in [2.05, 4.69) is 4.98 Å². The van der Waals surface area contributed by atoms with E-state index in [1.54, 1.807) is 6.07 Å². The van der Waals surface area contributed by atoms with E-state index in [1.807, 2.05) is 0 Å². The number of nitrogens with zero attached hydrogens (tertiary/aromatic N) is 2. The number of nitriles is 1. The zero-order valence-electron chi connectivity index (χ0n) is 9.27. The maximum atomic E-state index is 12.1. The summed E-state index contributed by atoms with van der Waals surface area (Å²) in [5, 5.41) is 8.89. The van der Waals surface area contributed by atoms with Gasteiger partial charge in [0.1, 0.15) is 6.07 Å². The fourth-order valence-corrected chi connectivity index (χ4v) is 1.80. The second-order valence-corrected chi connectivity index (χ2v) is 3.51. The number of methoxy groups -OCH3 is 1. The summed E-state index contributed by atoms with van der Waals surface area (Å²) in [5.41, 5.74) is 0.435. The van der Waals surface area contributed by atoms with Gasteiger partial charge in [-0.3, -0.25) is 9.59 Å². The Morgan fingerprint density at radius 1 is 1.35 bits per heavy atom. The van der Waals surface area contributed by atoms with E-state index in [9.17, 15) is 9.59 Å². The molecule has 1 heterocycles. The summed E-state index contributed by atoms with van der Waals surface area (Å²) in [6.07, 6.45) is 1.34. The molecule has 1 aromatic rings. The second kappa shape index (κ2) is 3.83. The van der Waals surface area contributed by atoms with Crippen LogP contribution in [0.5, 0.6) is 0 Å². The van der Waals surface area contributed by atoms with Crippen molar-refractivity contribution in [2.45, 2.75) is 6.92 Å². The van der Waals surface area contributed by atoms with Crippen molar-refractivity contribution >= 4 is 11.6 Å². The van der Waals surface area contributed by atoms with Crippen LogP contribution in [-0.2, 0) is 4.74 Å². The fourth-order valence-electron chi connectivity index (χ4n) is 1.80. The Morgan fingerprint density at radius 2 is 2.06 bits per heavy atom. The van der Waals surface area contributed by atoms with Gasteiger partial charge in [-0.05, 0) is 13.0 Å². The van der Waals surface area contributed by atoms with Crippen molar-refractivity contribution in [3.8, 4) is 6.07 Å². The first-order chi connectivity index (χ1) is 8.11. The molecule has 0 N–H and O–H groups in total. The topological polar surface area (TPSA) is 80.0 Å². The average Bonchev–Trinajstić information content (AvgIpc) is 2.36. The third-order valence-electron chi connectivity index (χ3n) is 2.62. The predicted molar refractivity (Wildman–Crippen MR) is 57.3 cm³/mol. The van der Waals surface area contributed by atoms with E-state index in [1.165, 1.54) is 26.3 Å². The van der Waals surface area contributed by atoms with E-state index in [0.717, 1.165) is 0 Å². The maximum absolute atomic E-state index is 12.1. The number of hydrogen-bond donors (Lipinski definition) is 0. The van der Waals surface area contributed by atoms with Crippen molar-refractivity contribution in [1.82, 2.24) is 4.98 Å². The third-order valence-corrected chi connectivity index (χ3v) is 2.62. The maximum Gasteiger partial charge on any atom is 0.231 e. The highest BCUT2D eigenvalue weighted by Crippen LogP contribution is 2.27. The van der Waals surface area contributed by atoms with Crippen molar-refractivity contribution in [2.75, 3.05) is 7.11 Å². The smallest absolute Gasteiger partial charge is 0.231 e. The standard InChI is InChI=1S/C12H8N2O3/c1-6-10(15)7-3-4-14-8(5-13)9(7)11(16)12(6)17-2/h3-4H,1-2H3. The summed E-state index contributed by atoms with van der Waals surface area (Å²) in [6, 6.07) is 3.24. The molecule has 17 heavy (non-hydrogen) atoms. The van der Waals surface area contributed by atoms with Crippen molar-refractivity contribution in [1.29, 1.82) is 5.26 Å². The first-order valence-corrected chi connectivity index (χ1v) is 4.85. The molecule has 0 bridgehead atoms. The van der Waals surface area contributed by atoms with Crippen LogP contribution in [0, 0.1) is 11.3 Å². The van der Waals surface area contributed by atoms with E-state index >= 15 is 0 Å². The monoisotopic (exact) mass is 228 g/mol. The molecule has 1 aliphatic rings. The molecule has 0 fully saturated rings. The molecule has 0 saturated heterocycles. The summed E-state index contributed by atoms with van der Waals surface area (Å²) in [6.45, 7) is 1.52. The minimum atomic E-state index is -0.468. The van der Waals surface area contributed by atoms with Gasteiger partial charge < -0.3 is 4.74 Å². The Morgan fingerprint density at radius 3 is 2.65 bits per heavy atom. The minimum absolute atomic E-state index is 0.0213. The molecule has 5 nitrogen and oxygen atoms in total. The van der Waals surface area contributed by atoms with Gasteiger partial charge in [0.05, 0.1) is 12.7 Å². The molecule has 0 atom stereocenters. The summed E-state index contributed by atoms with van der Waals surface area (Å²) in [4.78, 5) is 27.8. The lowest BCUT2D eigenvalue weighted by atomic mass is 9.88. The highest BCUT2D eigenvalue weighted by Gasteiger charge is 2.33. The van der Waals surface area contributed by atoms with Crippen LogP contribution in [0.15, 0.2) is 23.6 Å². The van der Waals surface area contributed by atoms with Gasteiger partial charge in [-0.15, -0.1) is 0 Å². The molecule has 0 aromatic carbocycles. The molecule has 2 rings (SSSR count). The molecule has 5 heteroatoms. The number of aromatic nitrogens is 1. The van der Waals surface area contributed by atoms with E-state index in [-0.39, 0.29) is 33.9 Å². The van der Waals surface area contributed by atoms with Crippen LogP contribution in [0.4, 0.5) is 0 Å². The van der Waals surface area contributed by atoms with Crippen molar-refractivity contribution in [3.63, 3.8) is 0 Å². The van der Waals surface area contributed by atoms with Crippen molar-refractivity contribution in [2.24, 2.45) is 0 Å². The Kier molecular flexibility index (Phi) is 2.48. The van der Waals surface area contributed by atoms with E-state index in [0.29, 0.717) is 0 Å². The van der Waals surface area contributed by atoms with Gasteiger partial charge in [-0.25, -0.2) is 4.98 Å². The molecule has 0 radical (unpaired) electrons. The molecule has 0 aliphatic heterocycles. The van der Waals surface area contributed by atoms with Crippen molar-refractivity contribution in [3.05, 3.63) is 40.4 Å². The summed E-state index contributed by atoms with van der Waals surface area (Å²) >= 11 is 0. The van der Waals surface area contributed by atoms with Crippen LogP contribution in [0.1, 0.15) is 33.3 Å². The van der Waals surface area contributed by atoms with Gasteiger partial charge in [0.2, 0.25) is 5.78 Å². The minimum Gasteiger partial charge on any atom is -0.492 e. The zero-order valence-corrected chi connectivity index (χ0v) is 9.27. The summed E-state index contributed by atoms with van der Waals surface area (Å²) in [5.74, 6) is -0.799. The summed E-state index contributed by atoms with van der Waals surface area (Å²) < 4.78 is 4.91. The van der Waals surface area contributed by atoms with Crippen LogP contribution < -0.4 is 0 Å². The number of carbonyl (C=O) groups is 2. The number of fused-ring (bicyclic) bond motifs is 1.